The van der Waals surface area contributed by atoms with Crippen molar-refractivity contribution in [2.24, 2.45) is 0 Å². The molecule has 0 aliphatic rings. The highest BCUT2D eigenvalue weighted by atomic mass is 19.1. The Morgan fingerprint density at radius 3 is 2.76 bits per heavy atom. The number of halogens is 1. The Labute approximate surface area is 99.0 Å². The molecule has 94 valence electrons. The van der Waals surface area contributed by atoms with Gasteiger partial charge in [0.25, 0.3) is 0 Å². The maximum Gasteiger partial charge on any atom is 0.335 e. The number of aromatic carboxylic acids is 1. The Morgan fingerprint density at radius 1 is 1.53 bits per heavy atom. The molecule has 4 nitrogen and oxygen atoms in total. The molecule has 0 aliphatic carbocycles. The molecule has 0 amide bonds. The molecule has 1 rings (SSSR count). The predicted octanol–water partition coefficient (Wildman–Crippen LogP) is 2.33. The van der Waals surface area contributed by atoms with Crippen LogP contribution in [0.1, 0.15) is 24.2 Å². The maximum absolute atomic E-state index is 13.5. The van der Waals surface area contributed by atoms with Crippen molar-refractivity contribution in [1.29, 1.82) is 0 Å². The second-order valence-corrected chi connectivity index (χ2v) is 3.54. The van der Waals surface area contributed by atoms with E-state index in [9.17, 15) is 9.18 Å². The SMILES string of the molecule is CCOCC(C)Oc1ccc(C(=O)O)cc1F. The highest BCUT2D eigenvalue weighted by Crippen LogP contribution is 2.19. The van der Waals surface area contributed by atoms with Crippen LogP contribution < -0.4 is 4.74 Å². The molecular weight excluding hydrogens is 227 g/mol. The molecule has 0 aliphatic heterocycles. The molecule has 1 unspecified atom stereocenters. The highest BCUT2D eigenvalue weighted by molar-refractivity contribution is 5.87. The minimum atomic E-state index is -1.17. The average Bonchev–Trinajstić information content (AvgIpc) is 2.28. The number of carboxylic acid groups (broad SMARTS) is 1. The molecule has 0 saturated heterocycles. The third-order valence-corrected chi connectivity index (χ3v) is 2.06. The lowest BCUT2D eigenvalue weighted by atomic mass is 10.2. The van der Waals surface area contributed by atoms with Crippen LogP contribution in [0.2, 0.25) is 0 Å². The van der Waals surface area contributed by atoms with Gasteiger partial charge >= 0.3 is 5.97 Å². The van der Waals surface area contributed by atoms with Crippen molar-refractivity contribution in [3.63, 3.8) is 0 Å². The maximum atomic E-state index is 13.5. The Morgan fingerprint density at radius 2 is 2.24 bits per heavy atom. The molecule has 0 aromatic heterocycles. The summed E-state index contributed by atoms with van der Waals surface area (Å²) in [6.07, 6.45) is -0.292. The fourth-order valence-electron chi connectivity index (χ4n) is 1.26. The molecular formula is C12H15FO4. The van der Waals surface area contributed by atoms with E-state index in [0.29, 0.717) is 13.2 Å². The van der Waals surface area contributed by atoms with Crippen molar-refractivity contribution in [3.05, 3.63) is 29.6 Å². The zero-order valence-corrected chi connectivity index (χ0v) is 9.77. The topological polar surface area (TPSA) is 55.8 Å². The predicted molar refractivity (Wildman–Crippen MR) is 59.9 cm³/mol. The molecule has 1 atom stereocenters. The third kappa shape index (κ3) is 4.03. The molecule has 0 bridgehead atoms. The Bertz CT molecular complexity index is 392. The largest absolute Gasteiger partial charge is 0.485 e. The van der Waals surface area contributed by atoms with Gasteiger partial charge in [-0.3, -0.25) is 0 Å². The Hall–Kier alpha value is -1.62. The lowest BCUT2D eigenvalue weighted by molar-refractivity contribution is 0.0634. The quantitative estimate of drug-likeness (QED) is 0.831. The number of rotatable bonds is 6. The highest BCUT2D eigenvalue weighted by Gasteiger charge is 2.11. The van der Waals surface area contributed by atoms with E-state index in [4.69, 9.17) is 14.6 Å². The molecule has 0 radical (unpaired) electrons. The standard InChI is InChI=1S/C12H15FO4/c1-3-16-7-8(2)17-11-5-4-9(12(14)15)6-10(11)13/h4-6,8H,3,7H2,1-2H3,(H,14,15). The van der Waals surface area contributed by atoms with Crippen molar-refractivity contribution in [3.8, 4) is 5.75 Å². The van der Waals surface area contributed by atoms with E-state index < -0.39 is 11.8 Å². The molecule has 0 saturated carbocycles. The smallest absolute Gasteiger partial charge is 0.335 e. The molecule has 0 heterocycles. The van der Waals surface area contributed by atoms with Crippen LogP contribution in [0.15, 0.2) is 18.2 Å². The van der Waals surface area contributed by atoms with Crippen molar-refractivity contribution in [1.82, 2.24) is 0 Å². The van der Waals surface area contributed by atoms with Gasteiger partial charge in [-0.25, -0.2) is 9.18 Å². The van der Waals surface area contributed by atoms with E-state index in [2.05, 4.69) is 0 Å². The van der Waals surface area contributed by atoms with Gasteiger partial charge in [-0.15, -0.1) is 0 Å². The summed E-state index contributed by atoms with van der Waals surface area (Å²) in [6.45, 7) is 4.53. The van der Waals surface area contributed by atoms with Crippen LogP contribution in [0.4, 0.5) is 4.39 Å². The zero-order chi connectivity index (χ0) is 12.8. The summed E-state index contributed by atoms with van der Waals surface area (Å²) in [4.78, 5) is 10.6. The summed E-state index contributed by atoms with van der Waals surface area (Å²) < 4.78 is 23.9. The summed E-state index contributed by atoms with van der Waals surface area (Å²) in [5.74, 6) is -1.83. The minimum Gasteiger partial charge on any atom is -0.485 e. The molecule has 5 heteroatoms. The Balaban J connectivity index is 2.69. The van der Waals surface area contributed by atoms with Gasteiger partial charge in [0.15, 0.2) is 11.6 Å². The normalized spacial score (nSPS) is 12.2. The number of carbonyl (C=O) groups is 1. The summed E-state index contributed by atoms with van der Waals surface area (Å²) in [5, 5.41) is 8.67. The van der Waals surface area contributed by atoms with E-state index >= 15 is 0 Å². The summed E-state index contributed by atoms with van der Waals surface area (Å²) in [7, 11) is 0. The number of hydrogen-bond acceptors (Lipinski definition) is 3. The van der Waals surface area contributed by atoms with Crippen LogP contribution in [0.5, 0.6) is 5.75 Å². The van der Waals surface area contributed by atoms with Crippen molar-refractivity contribution in [2.75, 3.05) is 13.2 Å². The molecule has 1 aromatic carbocycles. The van der Waals surface area contributed by atoms with E-state index in [1.165, 1.54) is 12.1 Å². The van der Waals surface area contributed by atoms with Crippen molar-refractivity contribution < 1.29 is 23.8 Å². The van der Waals surface area contributed by atoms with E-state index in [1.807, 2.05) is 6.92 Å². The number of ether oxygens (including phenoxy) is 2. The van der Waals surface area contributed by atoms with Crippen LogP contribution in [0, 0.1) is 5.82 Å². The first-order valence-electron chi connectivity index (χ1n) is 5.31. The summed E-state index contributed by atoms with van der Waals surface area (Å²) in [5.41, 5.74) is -0.104. The zero-order valence-electron chi connectivity index (χ0n) is 9.77. The van der Waals surface area contributed by atoms with Crippen molar-refractivity contribution >= 4 is 5.97 Å². The third-order valence-electron chi connectivity index (χ3n) is 2.06. The van der Waals surface area contributed by atoms with Gasteiger partial charge in [-0.05, 0) is 32.0 Å². The second kappa shape index (κ2) is 6.20. The molecule has 17 heavy (non-hydrogen) atoms. The first-order chi connectivity index (χ1) is 8.04. The number of benzene rings is 1. The lowest BCUT2D eigenvalue weighted by Gasteiger charge is -2.15. The van der Waals surface area contributed by atoms with E-state index in [1.54, 1.807) is 6.92 Å². The van der Waals surface area contributed by atoms with Gasteiger partial charge in [0.2, 0.25) is 0 Å². The fraction of sp³-hybridized carbons (Fsp3) is 0.417. The lowest BCUT2D eigenvalue weighted by Crippen LogP contribution is -2.19. The van der Waals surface area contributed by atoms with Crippen LogP contribution in [-0.4, -0.2) is 30.4 Å². The summed E-state index contributed by atoms with van der Waals surface area (Å²) in [6, 6.07) is 3.54. The summed E-state index contributed by atoms with van der Waals surface area (Å²) >= 11 is 0. The molecule has 0 fully saturated rings. The average molecular weight is 242 g/mol. The van der Waals surface area contributed by atoms with Gasteiger partial charge in [0.05, 0.1) is 12.2 Å². The first kappa shape index (κ1) is 13.4. The molecule has 1 N–H and O–H groups in total. The van der Waals surface area contributed by atoms with Crippen LogP contribution in [0.25, 0.3) is 0 Å². The van der Waals surface area contributed by atoms with Crippen LogP contribution in [0.3, 0.4) is 0 Å². The van der Waals surface area contributed by atoms with Gasteiger partial charge in [0, 0.05) is 6.61 Å². The van der Waals surface area contributed by atoms with Crippen LogP contribution in [-0.2, 0) is 4.74 Å². The van der Waals surface area contributed by atoms with Gasteiger partial charge < -0.3 is 14.6 Å². The number of hydrogen-bond donors (Lipinski definition) is 1. The van der Waals surface area contributed by atoms with Gasteiger partial charge in [-0.1, -0.05) is 0 Å². The minimum absolute atomic E-state index is 0.0298. The Kier molecular flexibility index (Phi) is 4.90. The molecule has 0 spiro atoms. The second-order valence-electron chi connectivity index (χ2n) is 3.54. The molecule has 1 aromatic rings. The fourth-order valence-corrected chi connectivity index (χ4v) is 1.26. The monoisotopic (exact) mass is 242 g/mol. The van der Waals surface area contributed by atoms with E-state index in [0.717, 1.165) is 6.07 Å². The van der Waals surface area contributed by atoms with E-state index in [-0.39, 0.29) is 17.4 Å². The van der Waals surface area contributed by atoms with Crippen molar-refractivity contribution in [2.45, 2.75) is 20.0 Å². The van der Waals surface area contributed by atoms with Gasteiger partial charge in [0.1, 0.15) is 6.10 Å². The van der Waals surface area contributed by atoms with Crippen LogP contribution >= 0.6 is 0 Å². The number of carboxylic acids is 1. The first-order valence-corrected chi connectivity index (χ1v) is 5.31. The van der Waals surface area contributed by atoms with Gasteiger partial charge in [-0.2, -0.15) is 0 Å².